The predicted molar refractivity (Wildman–Crippen MR) is 101 cm³/mol. The molecule has 0 spiro atoms. The van der Waals surface area contributed by atoms with Gasteiger partial charge in [-0.1, -0.05) is 22.0 Å². The van der Waals surface area contributed by atoms with Crippen molar-refractivity contribution in [2.24, 2.45) is 5.92 Å². The minimum atomic E-state index is -3.66. The third-order valence-electron chi connectivity index (χ3n) is 4.37. The lowest BCUT2D eigenvalue weighted by Crippen LogP contribution is -2.41. The zero-order chi connectivity index (χ0) is 18.7. The smallest absolute Gasteiger partial charge is 0.243 e. The molecule has 0 bridgehead atoms. The van der Waals surface area contributed by atoms with Crippen molar-refractivity contribution in [2.75, 3.05) is 18.4 Å². The Morgan fingerprint density at radius 3 is 2.38 bits per heavy atom. The van der Waals surface area contributed by atoms with E-state index in [0.717, 1.165) is 16.6 Å². The van der Waals surface area contributed by atoms with Crippen LogP contribution in [0.25, 0.3) is 0 Å². The van der Waals surface area contributed by atoms with E-state index in [-0.39, 0.29) is 29.8 Å². The standard InChI is InChI=1S/C18H18BrFN2O3S/c19-14-2-1-3-16(12-14)21-18(23)13-8-10-22(11-9-13)26(24,25)17-6-4-15(20)5-7-17/h1-7,12-13H,8-11H2,(H,21,23). The van der Waals surface area contributed by atoms with Gasteiger partial charge in [-0.25, -0.2) is 12.8 Å². The molecule has 1 fully saturated rings. The largest absolute Gasteiger partial charge is 0.326 e. The SMILES string of the molecule is O=C(Nc1cccc(Br)c1)C1CCN(S(=O)(=O)c2ccc(F)cc2)CC1. The molecule has 0 radical (unpaired) electrons. The average Bonchev–Trinajstić information content (AvgIpc) is 2.62. The van der Waals surface area contributed by atoms with Crippen molar-refractivity contribution < 1.29 is 17.6 Å². The molecule has 26 heavy (non-hydrogen) atoms. The Labute approximate surface area is 160 Å². The number of nitrogens with one attached hydrogen (secondary N) is 1. The maximum atomic E-state index is 13.0. The van der Waals surface area contributed by atoms with Crippen LogP contribution in [0.5, 0.6) is 0 Å². The minimum absolute atomic E-state index is 0.0657. The summed E-state index contributed by atoms with van der Waals surface area (Å²) in [5.41, 5.74) is 0.700. The first-order valence-electron chi connectivity index (χ1n) is 8.18. The second-order valence-electron chi connectivity index (χ2n) is 6.13. The molecule has 1 saturated heterocycles. The summed E-state index contributed by atoms with van der Waals surface area (Å²) in [6.45, 7) is 0.520. The number of halogens is 2. The minimum Gasteiger partial charge on any atom is -0.326 e. The molecule has 1 amide bonds. The molecule has 0 aliphatic carbocycles. The van der Waals surface area contributed by atoms with Crippen LogP contribution >= 0.6 is 15.9 Å². The number of piperidine rings is 1. The third-order valence-corrected chi connectivity index (χ3v) is 6.77. The lowest BCUT2D eigenvalue weighted by Gasteiger charge is -2.30. The summed E-state index contributed by atoms with van der Waals surface area (Å²) in [5.74, 6) is -0.831. The molecule has 1 aliphatic rings. The number of benzene rings is 2. The van der Waals surface area contributed by atoms with Crippen molar-refractivity contribution in [3.63, 3.8) is 0 Å². The molecule has 1 aliphatic heterocycles. The van der Waals surface area contributed by atoms with Crippen LogP contribution in [0.1, 0.15) is 12.8 Å². The van der Waals surface area contributed by atoms with Crippen LogP contribution in [0.15, 0.2) is 57.9 Å². The van der Waals surface area contributed by atoms with E-state index in [0.29, 0.717) is 18.5 Å². The Balaban J connectivity index is 1.61. The zero-order valence-electron chi connectivity index (χ0n) is 13.9. The summed E-state index contributed by atoms with van der Waals surface area (Å²) in [5, 5.41) is 2.87. The van der Waals surface area contributed by atoms with Gasteiger partial charge in [0, 0.05) is 29.2 Å². The van der Waals surface area contributed by atoms with E-state index in [4.69, 9.17) is 0 Å². The van der Waals surface area contributed by atoms with Crippen LogP contribution in [0.4, 0.5) is 10.1 Å². The number of carbonyl (C=O) groups excluding carboxylic acids is 1. The number of sulfonamides is 1. The summed E-state index contributed by atoms with van der Waals surface area (Å²) >= 11 is 3.36. The molecule has 2 aromatic rings. The van der Waals surface area contributed by atoms with Crippen molar-refractivity contribution >= 4 is 37.5 Å². The highest BCUT2D eigenvalue weighted by Crippen LogP contribution is 2.25. The average molecular weight is 441 g/mol. The van der Waals surface area contributed by atoms with Crippen LogP contribution < -0.4 is 5.32 Å². The Morgan fingerprint density at radius 2 is 1.77 bits per heavy atom. The molecule has 0 unspecified atom stereocenters. The van der Waals surface area contributed by atoms with Gasteiger partial charge in [0.2, 0.25) is 15.9 Å². The van der Waals surface area contributed by atoms with Crippen molar-refractivity contribution in [1.82, 2.24) is 4.31 Å². The number of hydrogen-bond acceptors (Lipinski definition) is 3. The van der Waals surface area contributed by atoms with E-state index >= 15 is 0 Å². The summed E-state index contributed by atoms with van der Waals surface area (Å²) in [6.07, 6.45) is 0.889. The van der Waals surface area contributed by atoms with E-state index in [1.807, 2.05) is 18.2 Å². The van der Waals surface area contributed by atoms with Crippen molar-refractivity contribution in [2.45, 2.75) is 17.7 Å². The van der Waals surface area contributed by atoms with Gasteiger partial charge in [-0.3, -0.25) is 4.79 Å². The lowest BCUT2D eigenvalue weighted by molar-refractivity contribution is -0.120. The topological polar surface area (TPSA) is 66.5 Å². The van der Waals surface area contributed by atoms with Gasteiger partial charge in [0.25, 0.3) is 0 Å². The number of rotatable bonds is 4. The molecule has 2 aromatic carbocycles. The number of carbonyl (C=O) groups is 1. The molecule has 5 nitrogen and oxygen atoms in total. The lowest BCUT2D eigenvalue weighted by atomic mass is 9.97. The number of hydrogen-bond donors (Lipinski definition) is 1. The van der Waals surface area contributed by atoms with Crippen LogP contribution in [-0.2, 0) is 14.8 Å². The van der Waals surface area contributed by atoms with Gasteiger partial charge in [-0.15, -0.1) is 0 Å². The number of amides is 1. The Kier molecular flexibility index (Phi) is 5.74. The van der Waals surface area contributed by atoms with Crippen molar-refractivity contribution in [3.05, 3.63) is 58.8 Å². The molecule has 1 heterocycles. The van der Waals surface area contributed by atoms with E-state index in [1.54, 1.807) is 6.07 Å². The van der Waals surface area contributed by atoms with E-state index in [1.165, 1.54) is 16.4 Å². The molecular weight excluding hydrogens is 423 g/mol. The fourth-order valence-corrected chi connectivity index (χ4v) is 4.79. The van der Waals surface area contributed by atoms with E-state index in [9.17, 15) is 17.6 Å². The van der Waals surface area contributed by atoms with Gasteiger partial charge in [0.15, 0.2) is 0 Å². The van der Waals surface area contributed by atoms with Gasteiger partial charge >= 0.3 is 0 Å². The van der Waals surface area contributed by atoms with E-state index < -0.39 is 15.8 Å². The number of anilines is 1. The number of nitrogens with zero attached hydrogens (tertiary/aromatic N) is 1. The van der Waals surface area contributed by atoms with Gasteiger partial charge < -0.3 is 5.32 Å². The zero-order valence-corrected chi connectivity index (χ0v) is 16.3. The highest BCUT2D eigenvalue weighted by atomic mass is 79.9. The van der Waals surface area contributed by atoms with Crippen LogP contribution in [0.3, 0.4) is 0 Å². The van der Waals surface area contributed by atoms with Gasteiger partial charge in [0.05, 0.1) is 4.90 Å². The fraction of sp³-hybridized carbons (Fsp3) is 0.278. The highest BCUT2D eigenvalue weighted by molar-refractivity contribution is 9.10. The second-order valence-corrected chi connectivity index (χ2v) is 8.99. The van der Waals surface area contributed by atoms with Crippen molar-refractivity contribution in [1.29, 1.82) is 0 Å². The van der Waals surface area contributed by atoms with E-state index in [2.05, 4.69) is 21.2 Å². The van der Waals surface area contributed by atoms with Crippen LogP contribution in [0, 0.1) is 11.7 Å². The highest BCUT2D eigenvalue weighted by Gasteiger charge is 2.32. The normalized spacial score (nSPS) is 16.4. The fourth-order valence-electron chi connectivity index (χ4n) is 2.92. The molecule has 1 N–H and O–H groups in total. The first kappa shape index (κ1) is 19.0. The quantitative estimate of drug-likeness (QED) is 0.788. The molecule has 0 saturated carbocycles. The monoisotopic (exact) mass is 440 g/mol. The maximum absolute atomic E-state index is 13.0. The maximum Gasteiger partial charge on any atom is 0.243 e. The molecule has 8 heteroatoms. The van der Waals surface area contributed by atoms with Gasteiger partial charge in [-0.05, 0) is 55.3 Å². The van der Waals surface area contributed by atoms with Gasteiger partial charge in [0.1, 0.15) is 5.82 Å². The molecule has 138 valence electrons. The third kappa shape index (κ3) is 4.31. The van der Waals surface area contributed by atoms with Crippen LogP contribution in [0.2, 0.25) is 0 Å². The molecule has 0 aromatic heterocycles. The Morgan fingerprint density at radius 1 is 1.12 bits per heavy atom. The predicted octanol–water partition coefficient (Wildman–Crippen LogP) is 3.63. The molecule has 0 atom stereocenters. The summed E-state index contributed by atoms with van der Waals surface area (Å²) in [4.78, 5) is 12.5. The van der Waals surface area contributed by atoms with Crippen LogP contribution in [-0.4, -0.2) is 31.7 Å². The summed E-state index contributed by atoms with van der Waals surface area (Å²) < 4.78 is 40.4. The molecule has 3 rings (SSSR count). The Bertz CT molecular complexity index is 895. The van der Waals surface area contributed by atoms with Crippen molar-refractivity contribution in [3.8, 4) is 0 Å². The Hall–Kier alpha value is -1.77. The first-order chi connectivity index (χ1) is 12.4. The summed E-state index contributed by atoms with van der Waals surface area (Å²) in [6, 6.07) is 12.1. The second kappa shape index (κ2) is 7.85. The first-order valence-corrected chi connectivity index (χ1v) is 10.4. The molecular formula is C18H18BrFN2O3S. The van der Waals surface area contributed by atoms with Gasteiger partial charge in [-0.2, -0.15) is 4.31 Å². The summed E-state index contributed by atoms with van der Waals surface area (Å²) in [7, 11) is -3.66.